The Bertz CT molecular complexity index is 803. The van der Waals surface area contributed by atoms with Gasteiger partial charge in [0.1, 0.15) is 0 Å². The summed E-state index contributed by atoms with van der Waals surface area (Å²) >= 11 is 7.93. The maximum atomic E-state index is 6.03. The van der Waals surface area contributed by atoms with Crippen LogP contribution in [-0.2, 0) is 12.0 Å². The Morgan fingerprint density at radius 1 is 1.04 bits per heavy atom. The number of hydrogen-bond donors (Lipinski definition) is 0. The molecule has 3 aromatic rings. The van der Waals surface area contributed by atoms with Crippen LogP contribution in [-0.4, -0.2) is 9.55 Å². The number of hydrogen-bond acceptors (Lipinski definition) is 2. The van der Waals surface area contributed by atoms with E-state index >= 15 is 0 Å². The third-order valence-corrected chi connectivity index (χ3v) is 6.04. The fourth-order valence-corrected chi connectivity index (χ4v) is 4.12. The average Bonchev–Trinajstić information content (AvgIpc) is 3.13. The summed E-state index contributed by atoms with van der Waals surface area (Å²) in [5.41, 5.74) is 2.90. The van der Waals surface area contributed by atoms with Crippen molar-refractivity contribution in [1.29, 1.82) is 0 Å². The molecule has 2 aromatic carbocycles. The number of imidazole rings is 1. The van der Waals surface area contributed by atoms with Crippen molar-refractivity contribution in [3.05, 3.63) is 83.4 Å². The molecule has 0 amide bonds. The molecule has 0 aliphatic rings. The molecule has 0 fully saturated rings. The molecule has 0 saturated carbocycles. The van der Waals surface area contributed by atoms with Gasteiger partial charge in [-0.15, -0.1) is 11.8 Å². The average molecular weight is 385 g/mol. The summed E-state index contributed by atoms with van der Waals surface area (Å²) in [6.07, 6.45) is 6.78. The number of nitrogens with zero attached hydrogens (tertiary/aromatic N) is 2. The van der Waals surface area contributed by atoms with E-state index in [0.29, 0.717) is 5.25 Å². The highest BCUT2D eigenvalue weighted by Crippen LogP contribution is 2.39. The minimum absolute atomic E-state index is 0.175. The van der Waals surface area contributed by atoms with Crippen LogP contribution in [0.15, 0.2) is 72.1 Å². The molecule has 1 aromatic heterocycles. The first-order valence-corrected chi connectivity index (χ1v) is 10.2. The van der Waals surface area contributed by atoms with Crippen LogP contribution in [0.4, 0.5) is 0 Å². The molecule has 1 unspecified atom stereocenters. The fraction of sp³-hybridized carbons (Fsp3) is 0.318. The van der Waals surface area contributed by atoms with Crippen LogP contribution in [0.25, 0.3) is 0 Å². The summed E-state index contributed by atoms with van der Waals surface area (Å²) in [4.78, 5) is 5.39. The Labute approximate surface area is 165 Å². The Kier molecular flexibility index (Phi) is 6.10. The molecule has 0 aliphatic heterocycles. The summed E-state index contributed by atoms with van der Waals surface area (Å²) in [6, 6.07) is 17.2. The van der Waals surface area contributed by atoms with E-state index < -0.39 is 0 Å². The lowest BCUT2D eigenvalue weighted by molar-refractivity contribution is 0.589. The van der Waals surface area contributed by atoms with Gasteiger partial charge < -0.3 is 4.57 Å². The smallest absolute Gasteiger partial charge is 0.0945 e. The van der Waals surface area contributed by atoms with Gasteiger partial charge in [-0.2, -0.15) is 0 Å². The largest absolute Gasteiger partial charge is 0.337 e. The SMILES string of the molecule is CC(C)(C)c1ccc(C(CCn2ccnc2)Sc2ccc(Cl)cc2)cc1. The normalized spacial score (nSPS) is 12.9. The van der Waals surface area contributed by atoms with Gasteiger partial charge in [0.25, 0.3) is 0 Å². The molecule has 0 radical (unpaired) electrons. The Hall–Kier alpha value is -1.71. The summed E-state index contributed by atoms with van der Waals surface area (Å²) in [5, 5.41) is 1.16. The van der Waals surface area contributed by atoms with Crippen LogP contribution < -0.4 is 0 Å². The standard InChI is InChI=1S/C22H25ClN2S/c1-22(2,3)18-6-4-17(5-7-18)21(12-14-25-15-13-24-16-25)26-20-10-8-19(23)9-11-20/h4-11,13,15-16,21H,12,14H2,1-3H3. The van der Waals surface area contributed by atoms with E-state index in [2.05, 4.69) is 66.7 Å². The second-order valence-electron chi connectivity index (χ2n) is 7.52. The van der Waals surface area contributed by atoms with Crippen molar-refractivity contribution in [1.82, 2.24) is 9.55 Å². The minimum atomic E-state index is 0.175. The second kappa shape index (κ2) is 8.32. The molecule has 0 bridgehead atoms. The number of aromatic nitrogens is 2. The molecule has 0 saturated heterocycles. The van der Waals surface area contributed by atoms with Crippen LogP contribution in [0.1, 0.15) is 43.6 Å². The van der Waals surface area contributed by atoms with E-state index in [9.17, 15) is 0 Å². The highest BCUT2D eigenvalue weighted by Gasteiger charge is 2.17. The monoisotopic (exact) mass is 384 g/mol. The first kappa shape index (κ1) is 19.1. The first-order valence-electron chi connectivity index (χ1n) is 8.90. The molecule has 136 valence electrons. The van der Waals surface area contributed by atoms with Gasteiger partial charge in [-0.1, -0.05) is 56.6 Å². The van der Waals surface area contributed by atoms with Crippen molar-refractivity contribution in [3.8, 4) is 0 Å². The first-order chi connectivity index (χ1) is 12.4. The molecule has 1 heterocycles. The quantitative estimate of drug-likeness (QED) is 0.437. The Balaban J connectivity index is 1.80. The summed E-state index contributed by atoms with van der Waals surface area (Å²) < 4.78 is 2.14. The third-order valence-electron chi connectivity index (χ3n) is 4.45. The van der Waals surface area contributed by atoms with Crippen molar-refractivity contribution in [2.24, 2.45) is 0 Å². The van der Waals surface area contributed by atoms with Crippen molar-refractivity contribution in [2.75, 3.05) is 0 Å². The zero-order valence-electron chi connectivity index (χ0n) is 15.5. The number of benzene rings is 2. The highest BCUT2D eigenvalue weighted by molar-refractivity contribution is 7.99. The van der Waals surface area contributed by atoms with Gasteiger partial charge in [-0.25, -0.2) is 4.98 Å². The maximum Gasteiger partial charge on any atom is 0.0945 e. The van der Waals surface area contributed by atoms with Gasteiger partial charge >= 0.3 is 0 Å². The number of rotatable bonds is 6. The molecule has 3 rings (SSSR count). The van der Waals surface area contributed by atoms with E-state index in [-0.39, 0.29) is 5.41 Å². The lowest BCUT2D eigenvalue weighted by atomic mass is 9.86. The van der Waals surface area contributed by atoms with Gasteiger partial charge in [0.2, 0.25) is 0 Å². The fourth-order valence-electron chi connectivity index (χ4n) is 2.85. The van der Waals surface area contributed by atoms with Gasteiger partial charge in [0, 0.05) is 34.1 Å². The predicted molar refractivity (Wildman–Crippen MR) is 112 cm³/mol. The number of aryl methyl sites for hydroxylation is 1. The molecule has 4 heteroatoms. The molecule has 2 nitrogen and oxygen atoms in total. The van der Waals surface area contributed by atoms with E-state index in [1.165, 1.54) is 16.0 Å². The van der Waals surface area contributed by atoms with Crippen LogP contribution in [0.5, 0.6) is 0 Å². The second-order valence-corrected chi connectivity index (χ2v) is 9.23. The molecule has 1 atom stereocenters. The van der Waals surface area contributed by atoms with Crippen molar-refractivity contribution < 1.29 is 0 Å². The molecule has 0 N–H and O–H groups in total. The van der Waals surface area contributed by atoms with Gasteiger partial charge in [-0.05, 0) is 47.2 Å². The molecule has 0 aliphatic carbocycles. The third kappa shape index (κ3) is 5.15. The van der Waals surface area contributed by atoms with Crippen molar-refractivity contribution in [2.45, 2.75) is 49.3 Å². The van der Waals surface area contributed by atoms with Gasteiger partial charge in [0.15, 0.2) is 0 Å². The Morgan fingerprint density at radius 2 is 1.73 bits per heavy atom. The molecular weight excluding hydrogens is 360 g/mol. The highest BCUT2D eigenvalue weighted by atomic mass is 35.5. The van der Waals surface area contributed by atoms with E-state index in [0.717, 1.165) is 18.0 Å². The van der Waals surface area contributed by atoms with Crippen LogP contribution in [0, 0.1) is 0 Å². The summed E-state index contributed by atoms with van der Waals surface area (Å²) in [5.74, 6) is 0. The maximum absolute atomic E-state index is 6.03. The summed E-state index contributed by atoms with van der Waals surface area (Å²) in [7, 11) is 0. The molecule has 26 heavy (non-hydrogen) atoms. The minimum Gasteiger partial charge on any atom is -0.337 e. The number of halogens is 1. The van der Waals surface area contributed by atoms with Crippen molar-refractivity contribution >= 4 is 23.4 Å². The Morgan fingerprint density at radius 3 is 2.31 bits per heavy atom. The van der Waals surface area contributed by atoms with Crippen LogP contribution in [0.3, 0.4) is 0 Å². The van der Waals surface area contributed by atoms with E-state index in [1.54, 1.807) is 0 Å². The lowest BCUT2D eigenvalue weighted by Gasteiger charge is -2.22. The van der Waals surface area contributed by atoms with E-state index in [1.807, 2.05) is 42.6 Å². The van der Waals surface area contributed by atoms with Crippen LogP contribution in [0.2, 0.25) is 5.02 Å². The predicted octanol–water partition coefficient (Wildman–Crippen LogP) is 6.76. The van der Waals surface area contributed by atoms with E-state index in [4.69, 9.17) is 11.6 Å². The molecule has 0 spiro atoms. The lowest BCUT2D eigenvalue weighted by Crippen LogP contribution is -2.11. The van der Waals surface area contributed by atoms with Crippen LogP contribution >= 0.6 is 23.4 Å². The molecular formula is C22H25ClN2S. The summed E-state index contributed by atoms with van der Waals surface area (Å²) in [6.45, 7) is 7.70. The number of thioether (sulfide) groups is 1. The zero-order chi connectivity index (χ0) is 18.6. The van der Waals surface area contributed by atoms with Gasteiger partial charge in [-0.3, -0.25) is 0 Å². The topological polar surface area (TPSA) is 17.8 Å². The zero-order valence-corrected chi connectivity index (χ0v) is 17.1. The van der Waals surface area contributed by atoms with Crippen molar-refractivity contribution in [3.63, 3.8) is 0 Å². The van der Waals surface area contributed by atoms with Gasteiger partial charge in [0.05, 0.1) is 6.33 Å².